The van der Waals surface area contributed by atoms with Gasteiger partial charge in [0, 0.05) is 11.6 Å². The predicted octanol–water partition coefficient (Wildman–Crippen LogP) is 3.98. The van der Waals surface area contributed by atoms with Gasteiger partial charge in [-0.2, -0.15) is 0 Å². The number of ether oxygens (including phenoxy) is 4. The van der Waals surface area contributed by atoms with Crippen LogP contribution in [-0.2, 0) is 11.2 Å². The number of carbonyl (C=O) groups is 1. The average Bonchev–Trinajstić information content (AvgIpc) is 3.16. The van der Waals surface area contributed by atoms with Crippen molar-refractivity contribution in [3.05, 3.63) is 75.5 Å². The Bertz CT molecular complexity index is 1460. The van der Waals surface area contributed by atoms with Crippen LogP contribution in [0.4, 0.5) is 0 Å². The minimum absolute atomic E-state index is 0.163. The molecule has 9 heteroatoms. The first kappa shape index (κ1) is 26.4. The van der Waals surface area contributed by atoms with Crippen molar-refractivity contribution in [2.75, 3.05) is 28.4 Å². The summed E-state index contributed by atoms with van der Waals surface area (Å²) in [6.45, 7) is 0. The van der Waals surface area contributed by atoms with Gasteiger partial charge in [-0.1, -0.05) is 12.1 Å². The number of benzene rings is 2. The van der Waals surface area contributed by atoms with Gasteiger partial charge in [0.25, 0.3) is 0 Å². The summed E-state index contributed by atoms with van der Waals surface area (Å²) in [5.74, 6) is 0.620. The van der Waals surface area contributed by atoms with E-state index < -0.39 is 11.9 Å². The van der Waals surface area contributed by atoms with Crippen LogP contribution in [0.15, 0.2) is 53.3 Å². The molecule has 3 aromatic carbocycles. The zero-order valence-corrected chi connectivity index (χ0v) is 21.5. The normalized spacial score (nSPS) is 14.2. The number of methoxy groups -OCH3 is 4. The summed E-state index contributed by atoms with van der Waals surface area (Å²) in [6, 6.07) is 10.5. The number of fused-ring (bicyclic) bond motifs is 3. The SMILES string of the molecule is COc1cc2c(c(OC)c1OC)-c1ccc(OC)c(=O)cc1[C@@H](NC(=O)/C=C/c1ccc(O)c(O)c1)CC2. The van der Waals surface area contributed by atoms with Crippen LogP contribution >= 0.6 is 0 Å². The molecule has 0 bridgehead atoms. The Hall–Kier alpha value is -4.66. The highest BCUT2D eigenvalue weighted by atomic mass is 16.5. The molecule has 38 heavy (non-hydrogen) atoms. The minimum atomic E-state index is -0.519. The number of hydrogen-bond donors (Lipinski definition) is 3. The lowest BCUT2D eigenvalue weighted by molar-refractivity contribution is -0.117. The van der Waals surface area contributed by atoms with Crippen LogP contribution in [0.3, 0.4) is 0 Å². The molecular formula is C29H29NO8. The predicted molar refractivity (Wildman–Crippen MR) is 142 cm³/mol. The summed E-state index contributed by atoms with van der Waals surface area (Å²) in [5, 5.41) is 22.2. The van der Waals surface area contributed by atoms with Crippen molar-refractivity contribution in [2.24, 2.45) is 0 Å². The summed E-state index contributed by atoms with van der Waals surface area (Å²) < 4.78 is 22.2. The van der Waals surface area contributed by atoms with E-state index in [2.05, 4.69) is 5.32 Å². The second-order valence-electron chi connectivity index (χ2n) is 8.64. The Morgan fingerprint density at radius 1 is 0.895 bits per heavy atom. The Kier molecular flexibility index (Phi) is 7.76. The molecule has 0 aromatic heterocycles. The molecular weight excluding hydrogens is 490 g/mol. The average molecular weight is 520 g/mol. The molecule has 0 spiro atoms. The first-order valence-electron chi connectivity index (χ1n) is 11.9. The Balaban J connectivity index is 1.81. The Morgan fingerprint density at radius 2 is 1.63 bits per heavy atom. The van der Waals surface area contributed by atoms with Crippen LogP contribution in [-0.4, -0.2) is 44.6 Å². The minimum Gasteiger partial charge on any atom is -0.504 e. The summed E-state index contributed by atoms with van der Waals surface area (Å²) in [5.41, 5.74) is 3.15. The van der Waals surface area contributed by atoms with Crippen molar-refractivity contribution in [1.29, 1.82) is 0 Å². The third kappa shape index (κ3) is 5.08. The first-order chi connectivity index (χ1) is 18.3. The van der Waals surface area contributed by atoms with Gasteiger partial charge >= 0.3 is 0 Å². The molecule has 0 heterocycles. The lowest BCUT2D eigenvalue weighted by Crippen LogP contribution is -2.27. The van der Waals surface area contributed by atoms with Crippen molar-refractivity contribution >= 4 is 12.0 Å². The van der Waals surface area contributed by atoms with E-state index in [1.54, 1.807) is 25.3 Å². The maximum absolute atomic E-state index is 13.0. The molecule has 4 rings (SSSR count). The second kappa shape index (κ2) is 11.2. The van der Waals surface area contributed by atoms with Gasteiger partial charge in [0.2, 0.25) is 17.1 Å². The van der Waals surface area contributed by atoms with E-state index in [1.807, 2.05) is 6.07 Å². The van der Waals surface area contributed by atoms with E-state index in [9.17, 15) is 19.8 Å². The number of aromatic hydroxyl groups is 2. The van der Waals surface area contributed by atoms with Gasteiger partial charge in [-0.25, -0.2) is 0 Å². The zero-order valence-electron chi connectivity index (χ0n) is 21.5. The quantitative estimate of drug-likeness (QED) is 0.316. The summed E-state index contributed by atoms with van der Waals surface area (Å²) in [6.07, 6.45) is 3.89. The van der Waals surface area contributed by atoms with E-state index in [0.29, 0.717) is 46.8 Å². The fraction of sp³-hybridized carbons (Fsp3) is 0.241. The molecule has 3 aromatic rings. The molecule has 1 aliphatic rings. The third-order valence-corrected chi connectivity index (χ3v) is 6.46. The van der Waals surface area contributed by atoms with Gasteiger partial charge in [-0.05, 0) is 71.5 Å². The Labute approximate surface area is 219 Å². The van der Waals surface area contributed by atoms with Crippen molar-refractivity contribution < 1.29 is 34.0 Å². The van der Waals surface area contributed by atoms with E-state index in [4.69, 9.17) is 18.9 Å². The first-order valence-corrected chi connectivity index (χ1v) is 11.9. The molecule has 0 radical (unpaired) electrons. The maximum atomic E-state index is 13.0. The number of aryl methyl sites for hydroxylation is 1. The standard InChI is InChI=1S/C29H29NO8/c1-35-24-11-8-18-19(15-23(24)33)20(30-26(34)12-6-16-5-10-21(31)22(32)13-16)9-7-17-14-25(36-2)28(37-3)29(38-4)27(17)18/h5-6,8,10-15,20,31-32H,7,9H2,1-4H3,(H,30,34)/b12-6+/t20-/m0/s1. The van der Waals surface area contributed by atoms with Crippen molar-refractivity contribution in [1.82, 2.24) is 5.32 Å². The molecule has 0 saturated carbocycles. The fourth-order valence-corrected chi connectivity index (χ4v) is 4.65. The highest BCUT2D eigenvalue weighted by Gasteiger charge is 2.29. The van der Waals surface area contributed by atoms with Crippen molar-refractivity contribution in [3.63, 3.8) is 0 Å². The molecule has 1 atom stereocenters. The van der Waals surface area contributed by atoms with Crippen LogP contribution < -0.4 is 29.7 Å². The van der Waals surface area contributed by atoms with Crippen LogP contribution in [0.2, 0.25) is 0 Å². The summed E-state index contributed by atoms with van der Waals surface area (Å²) in [4.78, 5) is 25.9. The molecule has 0 aliphatic heterocycles. The van der Waals surface area contributed by atoms with E-state index in [0.717, 1.165) is 11.1 Å². The molecule has 9 nitrogen and oxygen atoms in total. The monoisotopic (exact) mass is 519 g/mol. The highest BCUT2D eigenvalue weighted by molar-refractivity contribution is 5.92. The molecule has 0 fully saturated rings. The van der Waals surface area contributed by atoms with Gasteiger partial charge in [0.15, 0.2) is 28.7 Å². The van der Waals surface area contributed by atoms with E-state index in [-0.39, 0.29) is 22.7 Å². The highest BCUT2D eigenvalue weighted by Crippen LogP contribution is 2.50. The topological polar surface area (TPSA) is 124 Å². The largest absolute Gasteiger partial charge is 0.504 e. The van der Waals surface area contributed by atoms with Crippen LogP contribution in [0.25, 0.3) is 17.2 Å². The lowest BCUT2D eigenvalue weighted by Gasteiger charge is -2.19. The van der Waals surface area contributed by atoms with Crippen molar-refractivity contribution in [2.45, 2.75) is 18.9 Å². The fourth-order valence-electron chi connectivity index (χ4n) is 4.65. The molecule has 198 valence electrons. The van der Waals surface area contributed by atoms with Gasteiger partial charge in [0.1, 0.15) is 0 Å². The number of amides is 1. The number of nitrogens with one attached hydrogen (secondary N) is 1. The maximum Gasteiger partial charge on any atom is 0.244 e. The van der Waals surface area contributed by atoms with Crippen LogP contribution in [0.5, 0.6) is 34.5 Å². The lowest BCUT2D eigenvalue weighted by atomic mass is 9.95. The molecule has 3 N–H and O–H groups in total. The van der Waals surface area contributed by atoms with Crippen LogP contribution in [0.1, 0.15) is 29.2 Å². The summed E-state index contributed by atoms with van der Waals surface area (Å²) >= 11 is 0. The number of carbonyl (C=O) groups excluding carboxylic acids is 1. The smallest absolute Gasteiger partial charge is 0.244 e. The van der Waals surface area contributed by atoms with E-state index >= 15 is 0 Å². The molecule has 1 aliphatic carbocycles. The molecule has 0 saturated heterocycles. The van der Waals surface area contributed by atoms with E-state index in [1.165, 1.54) is 51.7 Å². The van der Waals surface area contributed by atoms with Crippen molar-refractivity contribution in [3.8, 4) is 45.6 Å². The zero-order chi connectivity index (χ0) is 27.4. The third-order valence-electron chi connectivity index (χ3n) is 6.46. The van der Waals surface area contributed by atoms with Gasteiger partial charge in [-0.15, -0.1) is 0 Å². The summed E-state index contributed by atoms with van der Waals surface area (Å²) in [7, 11) is 6.04. The van der Waals surface area contributed by atoms with Gasteiger partial charge in [-0.3, -0.25) is 9.59 Å². The number of hydrogen-bond acceptors (Lipinski definition) is 8. The number of phenolic OH excluding ortho intramolecular Hbond substituents is 2. The van der Waals surface area contributed by atoms with Gasteiger partial charge < -0.3 is 34.5 Å². The second-order valence-corrected chi connectivity index (χ2v) is 8.64. The molecule has 1 amide bonds. The molecule has 0 unspecified atom stereocenters. The van der Waals surface area contributed by atoms with Gasteiger partial charge in [0.05, 0.1) is 34.5 Å². The Morgan fingerprint density at radius 3 is 2.29 bits per heavy atom. The van der Waals surface area contributed by atoms with Crippen LogP contribution in [0, 0.1) is 0 Å². The number of phenols is 2. The number of rotatable bonds is 7.